The summed E-state index contributed by atoms with van der Waals surface area (Å²) >= 11 is 0. The summed E-state index contributed by atoms with van der Waals surface area (Å²) in [5.74, 6) is -0.0483. The lowest BCUT2D eigenvalue weighted by Gasteiger charge is -2.38. The van der Waals surface area contributed by atoms with Crippen LogP contribution >= 0.6 is 0 Å². The minimum absolute atomic E-state index is 0.0483. The smallest absolute Gasteiger partial charge is 0.272 e. The highest BCUT2D eigenvalue weighted by molar-refractivity contribution is 5.92. The molecular weight excluding hydrogens is 228 g/mol. The molecule has 94 valence electrons. The first-order chi connectivity index (χ1) is 8.76. The highest BCUT2D eigenvalue weighted by Crippen LogP contribution is 2.11. The largest absolute Gasteiger partial charge is 0.332 e. The van der Waals surface area contributed by atoms with E-state index in [1.165, 1.54) is 6.20 Å². The molecule has 1 saturated heterocycles. The normalized spacial score (nSPS) is 14.7. The Kier molecular flexibility index (Phi) is 3.90. The van der Waals surface area contributed by atoms with Crippen molar-refractivity contribution in [2.45, 2.75) is 19.4 Å². The Morgan fingerprint density at radius 2 is 2.39 bits per heavy atom. The van der Waals surface area contributed by atoms with Crippen LogP contribution in [0.15, 0.2) is 18.3 Å². The van der Waals surface area contributed by atoms with E-state index in [-0.39, 0.29) is 11.9 Å². The number of rotatable bonds is 4. The summed E-state index contributed by atoms with van der Waals surface area (Å²) in [5.41, 5.74) is 0.883. The van der Waals surface area contributed by atoms with Gasteiger partial charge in [0.15, 0.2) is 0 Å². The molecular formula is C13H16N4O. The van der Waals surface area contributed by atoms with Crippen molar-refractivity contribution in [2.24, 2.45) is 0 Å². The molecule has 0 aliphatic carbocycles. The fourth-order valence-electron chi connectivity index (χ4n) is 1.92. The predicted octanol–water partition coefficient (Wildman–Crippen LogP) is 0.777. The Balaban J connectivity index is 2.13. The Bertz CT molecular complexity index is 459. The number of amides is 1. The van der Waals surface area contributed by atoms with Crippen molar-refractivity contribution in [3.8, 4) is 6.07 Å². The Hall–Kier alpha value is -1.93. The van der Waals surface area contributed by atoms with Gasteiger partial charge >= 0.3 is 0 Å². The van der Waals surface area contributed by atoms with E-state index >= 15 is 0 Å². The molecule has 0 bridgehead atoms. The molecule has 1 aromatic rings. The van der Waals surface area contributed by atoms with Gasteiger partial charge in [0.25, 0.3) is 5.91 Å². The molecule has 0 spiro atoms. The molecule has 1 N–H and O–H groups in total. The summed E-state index contributed by atoms with van der Waals surface area (Å²) in [6.07, 6.45) is 2.37. The molecule has 1 fully saturated rings. The SMILES string of the molecule is CCCN(C(=O)c1ccc(C#N)cn1)C1CNC1. The molecule has 1 amide bonds. The van der Waals surface area contributed by atoms with Gasteiger partial charge in [-0.3, -0.25) is 4.79 Å². The van der Waals surface area contributed by atoms with Crippen LogP contribution in [0.2, 0.25) is 0 Å². The lowest BCUT2D eigenvalue weighted by atomic mass is 10.1. The summed E-state index contributed by atoms with van der Waals surface area (Å²) in [4.78, 5) is 18.2. The molecule has 5 nitrogen and oxygen atoms in total. The number of nitriles is 1. The molecule has 18 heavy (non-hydrogen) atoms. The zero-order chi connectivity index (χ0) is 13.0. The first-order valence-electron chi connectivity index (χ1n) is 6.14. The molecule has 0 unspecified atom stereocenters. The zero-order valence-electron chi connectivity index (χ0n) is 10.4. The van der Waals surface area contributed by atoms with E-state index in [1.807, 2.05) is 11.0 Å². The number of pyridine rings is 1. The van der Waals surface area contributed by atoms with Gasteiger partial charge in [0.05, 0.1) is 11.6 Å². The van der Waals surface area contributed by atoms with Gasteiger partial charge in [-0.2, -0.15) is 5.26 Å². The standard InChI is InChI=1S/C13H16N4O/c1-2-5-17(11-8-15-9-11)13(18)12-4-3-10(6-14)7-16-12/h3-4,7,11,15H,2,5,8-9H2,1H3. The van der Waals surface area contributed by atoms with E-state index in [4.69, 9.17) is 5.26 Å². The Morgan fingerprint density at radius 1 is 1.61 bits per heavy atom. The Labute approximate surface area is 106 Å². The second-order valence-corrected chi connectivity index (χ2v) is 4.35. The fraction of sp³-hybridized carbons (Fsp3) is 0.462. The molecule has 0 saturated carbocycles. The average molecular weight is 244 g/mol. The molecule has 0 radical (unpaired) electrons. The predicted molar refractivity (Wildman–Crippen MR) is 66.9 cm³/mol. The van der Waals surface area contributed by atoms with Crippen molar-refractivity contribution in [3.63, 3.8) is 0 Å². The summed E-state index contributed by atoms with van der Waals surface area (Å²) in [5, 5.41) is 11.9. The van der Waals surface area contributed by atoms with E-state index in [1.54, 1.807) is 12.1 Å². The van der Waals surface area contributed by atoms with Crippen molar-refractivity contribution in [3.05, 3.63) is 29.6 Å². The molecule has 1 aromatic heterocycles. The topological polar surface area (TPSA) is 69.0 Å². The molecule has 0 atom stereocenters. The minimum Gasteiger partial charge on any atom is -0.332 e. The van der Waals surface area contributed by atoms with Crippen LogP contribution in [0.3, 0.4) is 0 Å². The second-order valence-electron chi connectivity index (χ2n) is 4.35. The third-order valence-electron chi connectivity index (χ3n) is 3.04. The molecule has 1 aliphatic rings. The number of aromatic nitrogens is 1. The maximum Gasteiger partial charge on any atom is 0.272 e. The number of nitrogens with one attached hydrogen (secondary N) is 1. The van der Waals surface area contributed by atoms with E-state index in [9.17, 15) is 4.79 Å². The zero-order valence-corrected chi connectivity index (χ0v) is 10.4. The molecule has 2 heterocycles. The van der Waals surface area contributed by atoms with Crippen molar-refractivity contribution in [1.29, 1.82) is 5.26 Å². The van der Waals surface area contributed by atoms with E-state index in [0.717, 1.165) is 26.1 Å². The molecule has 1 aliphatic heterocycles. The number of carbonyl (C=O) groups excluding carboxylic acids is 1. The third kappa shape index (κ3) is 2.49. The molecule has 2 rings (SSSR count). The van der Waals surface area contributed by atoms with Crippen LogP contribution in [0, 0.1) is 11.3 Å². The van der Waals surface area contributed by atoms with Crippen LogP contribution in [0.1, 0.15) is 29.4 Å². The first-order valence-corrected chi connectivity index (χ1v) is 6.14. The minimum atomic E-state index is -0.0483. The van der Waals surface area contributed by atoms with Gasteiger partial charge in [0.2, 0.25) is 0 Å². The highest BCUT2D eigenvalue weighted by atomic mass is 16.2. The van der Waals surface area contributed by atoms with Gasteiger partial charge in [-0.05, 0) is 18.6 Å². The number of nitrogens with zero attached hydrogens (tertiary/aromatic N) is 3. The second kappa shape index (κ2) is 5.61. The van der Waals surface area contributed by atoms with E-state index < -0.39 is 0 Å². The van der Waals surface area contributed by atoms with Crippen LogP contribution in [-0.2, 0) is 0 Å². The van der Waals surface area contributed by atoms with Crippen LogP contribution in [0.5, 0.6) is 0 Å². The van der Waals surface area contributed by atoms with Crippen LogP contribution in [0.4, 0.5) is 0 Å². The van der Waals surface area contributed by atoms with Crippen molar-refractivity contribution in [1.82, 2.24) is 15.2 Å². The molecule has 0 aromatic carbocycles. The molecule has 5 heteroatoms. The quantitative estimate of drug-likeness (QED) is 0.849. The van der Waals surface area contributed by atoms with Gasteiger partial charge in [-0.1, -0.05) is 6.92 Å². The number of hydrogen-bond donors (Lipinski definition) is 1. The van der Waals surface area contributed by atoms with Gasteiger partial charge in [-0.15, -0.1) is 0 Å². The van der Waals surface area contributed by atoms with Gasteiger partial charge in [0, 0.05) is 25.8 Å². The summed E-state index contributed by atoms with van der Waals surface area (Å²) in [6, 6.07) is 5.52. The van der Waals surface area contributed by atoms with Crippen molar-refractivity contribution in [2.75, 3.05) is 19.6 Å². The fourth-order valence-corrected chi connectivity index (χ4v) is 1.92. The van der Waals surface area contributed by atoms with Crippen LogP contribution in [0.25, 0.3) is 0 Å². The van der Waals surface area contributed by atoms with Crippen LogP contribution in [-0.4, -0.2) is 41.5 Å². The van der Waals surface area contributed by atoms with Crippen molar-refractivity contribution >= 4 is 5.91 Å². The van der Waals surface area contributed by atoms with Gasteiger partial charge in [-0.25, -0.2) is 4.98 Å². The summed E-state index contributed by atoms with van der Waals surface area (Å²) < 4.78 is 0. The number of carbonyl (C=O) groups is 1. The van der Waals surface area contributed by atoms with Crippen LogP contribution < -0.4 is 5.32 Å². The lowest BCUT2D eigenvalue weighted by molar-refractivity contribution is 0.0609. The maximum atomic E-state index is 12.3. The van der Waals surface area contributed by atoms with Gasteiger partial charge in [0.1, 0.15) is 11.8 Å². The van der Waals surface area contributed by atoms with Crippen molar-refractivity contribution < 1.29 is 4.79 Å². The third-order valence-corrected chi connectivity index (χ3v) is 3.04. The maximum absolute atomic E-state index is 12.3. The van der Waals surface area contributed by atoms with E-state index in [2.05, 4.69) is 17.2 Å². The summed E-state index contributed by atoms with van der Waals surface area (Å²) in [6.45, 7) is 4.50. The lowest BCUT2D eigenvalue weighted by Crippen LogP contribution is -2.59. The first kappa shape index (κ1) is 12.5. The Morgan fingerprint density at radius 3 is 2.83 bits per heavy atom. The van der Waals surface area contributed by atoms with Gasteiger partial charge < -0.3 is 10.2 Å². The monoisotopic (exact) mass is 244 g/mol. The van der Waals surface area contributed by atoms with E-state index in [0.29, 0.717) is 11.3 Å². The average Bonchev–Trinajstić information content (AvgIpc) is 2.35. The summed E-state index contributed by atoms with van der Waals surface area (Å²) in [7, 11) is 0. The highest BCUT2D eigenvalue weighted by Gasteiger charge is 2.28. The number of hydrogen-bond acceptors (Lipinski definition) is 4.